The molecule has 1 fully saturated rings. The minimum Gasteiger partial charge on any atom is -0.354 e. The van der Waals surface area contributed by atoms with Crippen molar-refractivity contribution in [2.45, 2.75) is 44.8 Å². The Labute approximate surface area is 172 Å². The molecule has 4 rings (SSSR count). The highest BCUT2D eigenvalue weighted by molar-refractivity contribution is 6.00. The Morgan fingerprint density at radius 2 is 1.90 bits per heavy atom. The zero-order valence-corrected chi connectivity index (χ0v) is 16.4. The van der Waals surface area contributed by atoms with Crippen LogP contribution in [-0.4, -0.2) is 34.7 Å². The Balaban J connectivity index is 1.37. The van der Waals surface area contributed by atoms with E-state index in [1.165, 1.54) is 4.68 Å². The third-order valence-electron chi connectivity index (χ3n) is 5.71. The summed E-state index contributed by atoms with van der Waals surface area (Å²) in [7, 11) is 0. The van der Waals surface area contributed by atoms with Crippen LogP contribution in [0.4, 0.5) is 18.9 Å². The number of rotatable bonds is 5. The molecule has 1 aliphatic carbocycles. The van der Waals surface area contributed by atoms with Crippen molar-refractivity contribution in [3.63, 3.8) is 0 Å². The molecule has 2 aromatic rings. The number of benzene rings is 1. The zero-order valence-electron chi connectivity index (χ0n) is 16.4. The number of para-hydroxylation sites is 1. The fourth-order valence-electron chi connectivity index (χ4n) is 4.25. The van der Waals surface area contributed by atoms with Crippen molar-refractivity contribution in [3.05, 3.63) is 47.3 Å². The lowest BCUT2D eigenvalue weighted by molar-refractivity contribution is -0.142. The molecule has 160 valence electrons. The highest BCUT2D eigenvalue weighted by Crippen LogP contribution is 2.35. The van der Waals surface area contributed by atoms with E-state index in [-0.39, 0.29) is 31.3 Å². The van der Waals surface area contributed by atoms with Gasteiger partial charge in [0, 0.05) is 36.5 Å². The lowest BCUT2D eigenvalue weighted by atomic mass is 9.95. The van der Waals surface area contributed by atoms with Gasteiger partial charge in [-0.15, -0.1) is 0 Å². The van der Waals surface area contributed by atoms with Gasteiger partial charge in [0.05, 0.1) is 12.5 Å². The Morgan fingerprint density at radius 3 is 2.63 bits per heavy atom. The lowest BCUT2D eigenvalue weighted by Gasteiger charge is -2.17. The predicted molar refractivity (Wildman–Crippen MR) is 104 cm³/mol. The quantitative estimate of drug-likeness (QED) is 0.809. The number of hydrogen-bond acceptors (Lipinski definition) is 3. The maximum atomic E-state index is 13.3. The molecule has 6 nitrogen and oxygen atoms in total. The van der Waals surface area contributed by atoms with Gasteiger partial charge in [-0.1, -0.05) is 18.2 Å². The van der Waals surface area contributed by atoms with Crippen LogP contribution in [0.1, 0.15) is 36.2 Å². The molecule has 1 atom stereocenters. The van der Waals surface area contributed by atoms with E-state index < -0.39 is 17.8 Å². The van der Waals surface area contributed by atoms with E-state index in [1.807, 2.05) is 30.3 Å². The van der Waals surface area contributed by atoms with Crippen molar-refractivity contribution < 1.29 is 22.8 Å². The van der Waals surface area contributed by atoms with Gasteiger partial charge in [0.2, 0.25) is 11.8 Å². The van der Waals surface area contributed by atoms with E-state index in [2.05, 4.69) is 10.4 Å². The normalized spacial score (nSPS) is 19.1. The minimum atomic E-state index is -4.47. The van der Waals surface area contributed by atoms with Crippen molar-refractivity contribution in [1.29, 1.82) is 0 Å². The number of nitrogens with one attached hydrogen (secondary N) is 1. The van der Waals surface area contributed by atoms with Gasteiger partial charge in [0.15, 0.2) is 5.69 Å². The second-order valence-corrected chi connectivity index (χ2v) is 7.73. The van der Waals surface area contributed by atoms with Crippen LogP contribution in [0.2, 0.25) is 0 Å². The molecule has 0 bridgehead atoms. The van der Waals surface area contributed by atoms with Crippen LogP contribution >= 0.6 is 0 Å². The first-order chi connectivity index (χ1) is 14.3. The molecule has 2 heterocycles. The second kappa shape index (κ2) is 8.12. The van der Waals surface area contributed by atoms with Crippen molar-refractivity contribution in [1.82, 2.24) is 15.1 Å². The van der Waals surface area contributed by atoms with Crippen LogP contribution in [0.25, 0.3) is 0 Å². The minimum absolute atomic E-state index is 0.114. The summed E-state index contributed by atoms with van der Waals surface area (Å²) < 4.78 is 41.2. The van der Waals surface area contributed by atoms with Crippen LogP contribution < -0.4 is 10.2 Å². The Hall–Kier alpha value is -2.84. The number of nitrogens with zero attached hydrogens (tertiary/aromatic N) is 3. The number of alkyl halides is 3. The third kappa shape index (κ3) is 4.06. The first-order valence-corrected chi connectivity index (χ1v) is 10.1. The summed E-state index contributed by atoms with van der Waals surface area (Å²) in [6.45, 7) is 0.636. The third-order valence-corrected chi connectivity index (χ3v) is 5.71. The molecule has 2 amide bonds. The molecule has 1 saturated heterocycles. The van der Waals surface area contributed by atoms with E-state index in [0.29, 0.717) is 30.6 Å². The van der Waals surface area contributed by atoms with E-state index >= 15 is 0 Å². The highest BCUT2D eigenvalue weighted by atomic mass is 19.4. The van der Waals surface area contributed by atoms with Crippen molar-refractivity contribution in [2.24, 2.45) is 5.92 Å². The summed E-state index contributed by atoms with van der Waals surface area (Å²) in [5.74, 6) is -0.855. The molecule has 1 unspecified atom stereocenters. The maximum Gasteiger partial charge on any atom is 0.435 e. The van der Waals surface area contributed by atoms with Crippen LogP contribution in [0.5, 0.6) is 0 Å². The SMILES string of the molecule is O=C(NCCn1nc(C(F)(F)F)c2c1CCCC2)C1CC(=O)N(c2ccccc2)C1. The molecule has 0 radical (unpaired) electrons. The number of carbonyl (C=O) groups excluding carboxylic acids is 2. The largest absolute Gasteiger partial charge is 0.435 e. The van der Waals surface area contributed by atoms with Crippen molar-refractivity contribution in [2.75, 3.05) is 18.0 Å². The predicted octanol–water partition coefficient (Wildman–Crippen LogP) is 2.95. The lowest BCUT2D eigenvalue weighted by Crippen LogP contribution is -2.35. The molecule has 0 saturated carbocycles. The first kappa shape index (κ1) is 20.4. The Morgan fingerprint density at radius 1 is 1.17 bits per heavy atom. The van der Waals surface area contributed by atoms with Crippen LogP contribution in [0, 0.1) is 5.92 Å². The smallest absolute Gasteiger partial charge is 0.354 e. The number of hydrogen-bond donors (Lipinski definition) is 1. The molecular formula is C21H23F3N4O2. The average Bonchev–Trinajstić information content (AvgIpc) is 3.30. The monoisotopic (exact) mass is 420 g/mol. The van der Waals surface area contributed by atoms with E-state index in [4.69, 9.17) is 0 Å². The molecule has 1 aromatic heterocycles. The summed E-state index contributed by atoms with van der Waals surface area (Å²) in [4.78, 5) is 26.4. The van der Waals surface area contributed by atoms with Crippen LogP contribution in [0.3, 0.4) is 0 Å². The number of amides is 2. The summed E-state index contributed by atoms with van der Waals surface area (Å²) in [6, 6.07) is 9.15. The molecule has 1 aliphatic heterocycles. The number of fused-ring (bicyclic) bond motifs is 1. The average molecular weight is 420 g/mol. The molecule has 1 aromatic carbocycles. The van der Waals surface area contributed by atoms with Gasteiger partial charge in [0.1, 0.15) is 0 Å². The van der Waals surface area contributed by atoms with Crippen LogP contribution in [-0.2, 0) is 35.2 Å². The van der Waals surface area contributed by atoms with Gasteiger partial charge in [-0.25, -0.2) is 0 Å². The first-order valence-electron chi connectivity index (χ1n) is 10.1. The summed E-state index contributed by atoms with van der Waals surface area (Å²) in [5, 5.41) is 6.56. The summed E-state index contributed by atoms with van der Waals surface area (Å²) in [6.07, 6.45) is -1.84. The summed E-state index contributed by atoms with van der Waals surface area (Å²) in [5.41, 5.74) is 0.859. The second-order valence-electron chi connectivity index (χ2n) is 7.73. The van der Waals surface area contributed by atoms with Crippen molar-refractivity contribution in [3.8, 4) is 0 Å². The van der Waals surface area contributed by atoms with Crippen LogP contribution in [0.15, 0.2) is 30.3 Å². The van der Waals surface area contributed by atoms with E-state index in [0.717, 1.165) is 18.5 Å². The molecule has 30 heavy (non-hydrogen) atoms. The molecule has 0 spiro atoms. The highest BCUT2D eigenvalue weighted by Gasteiger charge is 2.39. The van der Waals surface area contributed by atoms with Gasteiger partial charge >= 0.3 is 6.18 Å². The topological polar surface area (TPSA) is 67.2 Å². The zero-order chi connectivity index (χ0) is 21.3. The Bertz CT molecular complexity index is 940. The van der Waals surface area contributed by atoms with Gasteiger partial charge in [0.25, 0.3) is 0 Å². The fourth-order valence-corrected chi connectivity index (χ4v) is 4.25. The molecule has 9 heteroatoms. The number of halogens is 3. The summed E-state index contributed by atoms with van der Waals surface area (Å²) >= 11 is 0. The number of anilines is 1. The number of carbonyl (C=O) groups is 2. The number of aromatic nitrogens is 2. The molecule has 1 N–H and O–H groups in total. The maximum absolute atomic E-state index is 13.3. The van der Waals surface area contributed by atoms with Gasteiger partial charge in [-0.2, -0.15) is 18.3 Å². The fraction of sp³-hybridized carbons (Fsp3) is 0.476. The standard InChI is InChI=1S/C21H23F3N4O2/c22-21(23,24)19-16-8-4-5-9-17(16)28(26-19)11-10-25-20(30)14-12-18(29)27(13-14)15-6-2-1-3-7-15/h1-3,6-7,14H,4-5,8-13H2,(H,25,30). The van der Waals surface area contributed by atoms with Gasteiger partial charge < -0.3 is 10.2 Å². The van der Waals surface area contributed by atoms with Crippen molar-refractivity contribution >= 4 is 17.5 Å². The molecular weight excluding hydrogens is 397 g/mol. The molecule has 2 aliphatic rings. The van der Waals surface area contributed by atoms with Gasteiger partial charge in [-0.3, -0.25) is 14.3 Å². The van der Waals surface area contributed by atoms with Gasteiger partial charge in [-0.05, 0) is 37.8 Å². The Kier molecular flexibility index (Phi) is 5.53. The van der Waals surface area contributed by atoms with E-state index in [9.17, 15) is 22.8 Å². The van der Waals surface area contributed by atoms with E-state index in [1.54, 1.807) is 4.90 Å².